The third kappa shape index (κ3) is 3.30. The van der Waals surface area contributed by atoms with Crippen LogP contribution in [0.4, 0.5) is 5.82 Å². The van der Waals surface area contributed by atoms with Gasteiger partial charge >= 0.3 is 0 Å². The van der Waals surface area contributed by atoms with E-state index >= 15 is 0 Å². The minimum atomic E-state index is 0.631. The summed E-state index contributed by atoms with van der Waals surface area (Å²) < 4.78 is 4.16. The lowest BCUT2D eigenvalue weighted by Crippen LogP contribution is -2.34. The van der Waals surface area contributed by atoms with Crippen LogP contribution < -0.4 is 4.90 Å². The van der Waals surface area contributed by atoms with E-state index in [1.807, 2.05) is 60.7 Å². The Bertz CT molecular complexity index is 1540. The summed E-state index contributed by atoms with van der Waals surface area (Å²) in [5.74, 6) is 1.64. The zero-order chi connectivity index (χ0) is 23.2. The zero-order valence-corrected chi connectivity index (χ0v) is 19.3. The monoisotopic (exact) mass is 447 g/mol. The second kappa shape index (κ2) is 7.99. The van der Waals surface area contributed by atoms with Gasteiger partial charge in [0.15, 0.2) is 11.5 Å². The minimum Gasteiger partial charge on any atom is -0.353 e. The van der Waals surface area contributed by atoms with Gasteiger partial charge in [-0.25, -0.2) is 15.0 Å². The number of piperidine rings is 1. The molecule has 0 bridgehead atoms. The number of imidazole rings is 1. The molecule has 168 valence electrons. The van der Waals surface area contributed by atoms with E-state index < -0.39 is 0 Å². The van der Waals surface area contributed by atoms with Crippen molar-refractivity contribution in [3.8, 4) is 28.6 Å². The Balaban J connectivity index is 1.61. The van der Waals surface area contributed by atoms with Crippen LogP contribution in [0.1, 0.15) is 25.3 Å². The predicted octanol–water partition coefficient (Wildman–Crippen LogP) is 5.06. The van der Waals surface area contributed by atoms with Crippen LogP contribution in [-0.4, -0.2) is 37.0 Å². The van der Waals surface area contributed by atoms with Crippen molar-refractivity contribution in [3.63, 3.8) is 0 Å². The molecule has 0 spiro atoms. The first-order valence-corrected chi connectivity index (χ1v) is 11.7. The lowest BCUT2D eigenvalue weighted by Gasteiger charge is -2.32. The summed E-state index contributed by atoms with van der Waals surface area (Å²) in [4.78, 5) is 17.1. The van der Waals surface area contributed by atoms with Crippen LogP contribution in [-0.2, 0) is 7.05 Å². The Morgan fingerprint density at radius 1 is 0.971 bits per heavy atom. The van der Waals surface area contributed by atoms with Gasteiger partial charge in [-0.1, -0.05) is 19.1 Å². The average Bonchev–Trinajstić information content (AvgIpc) is 3.50. The molecule has 6 rings (SSSR count). The van der Waals surface area contributed by atoms with E-state index in [4.69, 9.17) is 15.0 Å². The molecule has 5 aromatic rings. The molecule has 1 fully saturated rings. The fraction of sp³-hybridized carbons (Fsp3) is 0.259. The largest absolute Gasteiger partial charge is 0.353 e. The van der Waals surface area contributed by atoms with Crippen molar-refractivity contribution in [2.45, 2.75) is 19.8 Å². The fourth-order valence-corrected chi connectivity index (χ4v) is 4.87. The van der Waals surface area contributed by atoms with Crippen LogP contribution in [0, 0.1) is 17.2 Å². The number of hydrogen-bond donors (Lipinski definition) is 0. The van der Waals surface area contributed by atoms with Crippen molar-refractivity contribution < 1.29 is 0 Å². The Morgan fingerprint density at radius 2 is 1.76 bits per heavy atom. The van der Waals surface area contributed by atoms with Crippen molar-refractivity contribution in [2.24, 2.45) is 13.0 Å². The highest BCUT2D eigenvalue weighted by atomic mass is 15.2. The van der Waals surface area contributed by atoms with Gasteiger partial charge in [-0.05, 0) is 43.0 Å². The van der Waals surface area contributed by atoms with Crippen molar-refractivity contribution in [2.75, 3.05) is 18.0 Å². The number of hydrogen-bond acceptors (Lipinski definition) is 5. The van der Waals surface area contributed by atoms with Crippen molar-refractivity contribution in [1.29, 1.82) is 5.26 Å². The standard InChI is InChI=1S/C27H25N7/c1-18-7-12-33(13-8-18)27-26-29-10-14-34(26)24(22-15-21-9-11-32(2)25(21)30-17-22)23(31-27)20-5-3-19(16-28)4-6-20/h3-6,9-11,14-15,17-18H,7-8,12-13H2,1-2H3. The van der Waals surface area contributed by atoms with Gasteiger partial charge in [0.1, 0.15) is 5.65 Å². The Morgan fingerprint density at radius 3 is 2.53 bits per heavy atom. The van der Waals surface area contributed by atoms with E-state index in [1.54, 1.807) is 0 Å². The van der Waals surface area contributed by atoms with E-state index in [2.05, 4.69) is 34.4 Å². The van der Waals surface area contributed by atoms with Crippen LogP contribution in [0.2, 0.25) is 0 Å². The maximum atomic E-state index is 9.29. The molecule has 0 aliphatic carbocycles. The number of nitriles is 1. The van der Waals surface area contributed by atoms with Gasteiger partial charge in [0.25, 0.3) is 0 Å². The van der Waals surface area contributed by atoms with Crippen molar-refractivity contribution >= 4 is 22.5 Å². The van der Waals surface area contributed by atoms with Gasteiger partial charge in [0.05, 0.1) is 23.0 Å². The topological polar surface area (TPSA) is 75.0 Å². The van der Waals surface area contributed by atoms with Gasteiger partial charge in [-0.2, -0.15) is 5.26 Å². The maximum absolute atomic E-state index is 9.29. The van der Waals surface area contributed by atoms with E-state index in [1.165, 1.54) is 0 Å². The third-order valence-corrected chi connectivity index (χ3v) is 6.87. The summed E-state index contributed by atoms with van der Waals surface area (Å²) >= 11 is 0. The minimum absolute atomic E-state index is 0.631. The quantitative estimate of drug-likeness (QED) is 0.387. The summed E-state index contributed by atoms with van der Waals surface area (Å²) in [7, 11) is 2.00. The molecule has 1 saturated heterocycles. The normalized spacial score (nSPS) is 14.7. The molecule has 7 heteroatoms. The maximum Gasteiger partial charge on any atom is 0.180 e. The first-order valence-electron chi connectivity index (χ1n) is 11.7. The summed E-state index contributed by atoms with van der Waals surface area (Å²) in [6, 6.07) is 14.1. The first-order chi connectivity index (χ1) is 16.6. The summed E-state index contributed by atoms with van der Waals surface area (Å²) in [6.45, 7) is 4.26. The van der Waals surface area contributed by atoms with Gasteiger partial charge in [-0.3, -0.25) is 4.40 Å². The smallest absolute Gasteiger partial charge is 0.180 e. The number of fused-ring (bicyclic) bond motifs is 2. The Labute approximate surface area is 197 Å². The average molecular weight is 448 g/mol. The van der Waals surface area contributed by atoms with E-state index in [0.29, 0.717) is 5.56 Å². The number of benzene rings is 1. The highest BCUT2D eigenvalue weighted by Crippen LogP contribution is 2.36. The van der Waals surface area contributed by atoms with Crippen LogP contribution in [0.25, 0.3) is 39.2 Å². The molecule has 0 saturated carbocycles. The number of pyridine rings is 1. The second-order valence-corrected chi connectivity index (χ2v) is 9.18. The molecule has 0 radical (unpaired) electrons. The molecule has 7 nitrogen and oxygen atoms in total. The second-order valence-electron chi connectivity index (χ2n) is 9.18. The molecule has 5 heterocycles. The predicted molar refractivity (Wildman–Crippen MR) is 133 cm³/mol. The number of aryl methyl sites for hydroxylation is 1. The van der Waals surface area contributed by atoms with E-state index in [9.17, 15) is 5.26 Å². The molecule has 1 aliphatic rings. The number of anilines is 1. The molecule has 0 N–H and O–H groups in total. The zero-order valence-electron chi connectivity index (χ0n) is 19.3. The molecule has 34 heavy (non-hydrogen) atoms. The lowest BCUT2D eigenvalue weighted by molar-refractivity contribution is 0.437. The highest BCUT2D eigenvalue weighted by molar-refractivity contribution is 5.88. The lowest BCUT2D eigenvalue weighted by atomic mass is 9.99. The molecule has 0 atom stereocenters. The molecule has 4 aromatic heterocycles. The van der Waals surface area contributed by atoms with Gasteiger partial charge < -0.3 is 9.47 Å². The van der Waals surface area contributed by atoms with Gasteiger partial charge in [-0.15, -0.1) is 0 Å². The number of aromatic nitrogens is 5. The molecule has 1 aliphatic heterocycles. The summed E-state index contributed by atoms with van der Waals surface area (Å²) in [5, 5.41) is 10.4. The van der Waals surface area contributed by atoms with E-state index in [-0.39, 0.29) is 0 Å². The van der Waals surface area contributed by atoms with E-state index in [0.717, 1.165) is 76.9 Å². The third-order valence-electron chi connectivity index (χ3n) is 6.87. The first kappa shape index (κ1) is 20.4. The van der Waals surface area contributed by atoms with Gasteiger partial charge in [0, 0.05) is 61.4 Å². The van der Waals surface area contributed by atoms with Crippen LogP contribution >= 0.6 is 0 Å². The molecule has 0 amide bonds. The molecule has 0 unspecified atom stereocenters. The fourth-order valence-electron chi connectivity index (χ4n) is 4.87. The van der Waals surface area contributed by atoms with Crippen molar-refractivity contribution in [3.05, 3.63) is 66.7 Å². The van der Waals surface area contributed by atoms with Crippen LogP contribution in [0.5, 0.6) is 0 Å². The molecular formula is C27H25N7. The SMILES string of the molecule is CC1CCN(c2nc(-c3ccc(C#N)cc3)c(-c3cnc4c(ccn4C)c3)n3ccnc23)CC1. The molecule has 1 aromatic carbocycles. The summed E-state index contributed by atoms with van der Waals surface area (Å²) in [6.07, 6.45) is 10.1. The summed E-state index contributed by atoms with van der Waals surface area (Å²) in [5.41, 5.74) is 6.18. The Hall–Kier alpha value is -4.18. The highest BCUT2D eigenvalue weighted by Gasteiger charge is 2.24. The van der Waals surface area contributed by atoms with Crippen LogP contribution in [0.15, 0.2) is 61.2 Å². The van der Waals surface area contributed by atoms with Gasteiger partial charge in [0.2, 0.25) is 0 Å². The number of rotatable bonds is 3. The molecular weight excluding hydrogens is 422 g/mol. The van der Waals surface area contributed by atoms with Crippen molar-refractivity contribution in [1.82, 2.24) is 23.9 Å². The Kier molecular flexibility index (Phi) is 4.80. The number of nitrogens with zero attached hydrogens (tertiary/aromatic N) is 7. The van der Waals surface area contributed by atoms with Crippen LogP contribution in [0.3, 0.4) is 0 Å².